The normalized spacial score (nSPS) is 14.9. The summed E-state index contributed by atoms with van der Waals surface area (Å²) in [6.07, 6.45) is 1.75. The Morgan fingerprint density at radius 3 is 2.61 bits per heavy atom. The summed E-state index contributed by atoms with van der Waals surface area (Å²) in [5.41, 5.74) is 1.85. The standard InChI is InChI=1S/C19H14INO5S2/c1-25-14-7-11(8-15-17(22)21-19(27)28-15)6-13(20)16(14)26-9-10-2-4-12(5-3-10)18(23)24/h2-8H,9H2,1H3,(H,23,24)(H,21,22,27)/b15-8-. The number of nitrogens with one attached hydrogen (secondary N) is 1. The average molecular weight is 527 g/mol. The van der Waals surface area contributed by atoms with E-state index in [4.69, 9.17) is 26.8 Å². The van der Waals surface area contributed by atoms with Gasteiger partial charge in [0.05, 0.1) is 21.1 Å². The van der Waals surface area contributed by atoms with E-state index >= 15 is 0 Å². The van der Waals surface area contributed by atoms with Gasteiger partial charge in [-0.25, -0.2) is 4.79 Å². The van der Waals surface area contributed by atoms with Crippen LogP contribution in [0.25, 0.3) is 6.08 Å². The van der Waals surface area contributed by atoms with E-state index in [1.54, 1.807) is 31.4 Å². The second kappa shape index (κ2) is 8.93. The molecule has 0 radical (unpaired) electrons. The molecule has 1 heterocycles. The Labute approximate surface area is 184 Å². The summed E-state index contributed by atoms with van der Waals surface area (Å²) in [5.74, 6) is -0.0733. The maximum atomic E-state index is 11.8. The van der Waals surface area contributed by atoms with Gasteiger partial charge in [-0.05, 0) is 64.1 Å². The zero-order valence-electron chi connectivity index (χ0n) is 14.5. The molecule has 9 heteroatoms. The highest BCUT2D eigenvalue weighted by Crippen LogP contribution is 2.36. The molecule has 28 heavy (non-hydrogen) atoms. The summed E-state index contributed by atoms with van der Waals surface area (Å²) in [6.45, 7) is 0.263. The van der Waals surface area contributed by atoms with Gasteiger partial charge in [0.1, 0.15) is 10.9 Å². The summed E-state index contributed by atoms with van der Waals surface area (Å²) in [5, 5.41) is 11.5. The minimum atomic E-state index is -0.969. The van der Waals surface area contributed by atoms with Crippen molar-refractivity contribution < 1.29 is 24.2 Å². The zero-order valence-corrected chi connectivity index (χ0v) is 18.3. The number of thiocarbonyl (C=S) groups is 1. The number of amides is 1. The first-order valence-electron chi connectivity index (χ1n) is 7.95. The predicted molar refractivity (Wildman–Crippen MR) is 120 cm³/mol. The van der Waals surface area contributed by atoms with E-state index in [1.807, 2.05) is 6.07 Å². The van der Waals surface area contributed by atoms with Crippen molar-refractivity contribution in [3.63, 3.8) is 0 Å². The lowest BCUT2D eigenvalue weighted by Crippen LogP contribution is -2.17. The summed E-state index contributed by atoms with van der Waals surface area (Å²) >= 11 is 8.36. The number of methoxy groups -OCH3 is 1. The number of rotatable bonds is 6. The van der Waals surface area contributed by atoms with Crippen LogP contribution in [0.15, 0.2) is 41.3 Å². The van der Waals surface area contributed by atoms with E-state index in [1.165, 1.54) is 23.9 Å². The van der Waals surface area contributed by atoms with Gasteiger partial charge in [0.15, 0.2) is 11.5 Å². The lowest BCUT2D eigenvalue weighted by atomic mass is 10.1. The van der Waals surface area contributed by atoms with Crippen molar-refractivity contribution in [2.75, 3.05) is 7.11 Å². The highest BCUT2D eigenvalue weighted by Gasteiger charge is 2.22. The molecule has 0 unspecified atom stereocenters. The third-order valence-corrected chi connectivity index (χ3v) is 5.74. The van der Waals surface area contributed by atoms with Crippen molar-refractivity contribution in [2.24, 2.45) is 0 Å². The zero-order chi connectivity index (χ0) is 20.3. The number of aromatic carboxylic acids is 1. The van der Waals surface area contributed by atoms with Crippen molar-refractivity contribution in [1.82, 2.24) is 5.32 Å². The van der Waals surface area contributed by atoms with Crippen LogP contribution in [0, 0.1) is 3.57 Å². The lowest BCUT2D eigenvalue weighted by Gasteiger charge is -2.14. The van der Waals surface area contributed by atoms with Crippen LogP contribution in [0.2, 0.25) is 0 Å². The molecule has 0 bridgehead atoms. The first kappa shape index (κ1) is 20.6. The smallest absolute Gasteiger partial charge is 0.335 e. The van der Waals surface area contributed by atoms with Crippen LogP contribution >= 0.6 is 46.6 Å². The Morgan fingerprint density at radius 2 is 2.04 bits per heavy atom. The van der Waals surface area contributed by atoms with Crippen molar-refractivity contribution in [3.8, 4) is 11.5 Å². The van der Waals surface area contributed by atoms with Gasteiger partial charge in [-0.2, -0.15) is 0 Å². The van der Waals surface area contributed by atoms with E-state index in [0.717, 1.165) is 14.7 Å². The molecule has 2 aromatic rings. The Kier molecular flexibility index (Phi) is 6.57. The van der Waals surface area contributed by atoms with Crippen LogP contribution < -0.4 is 14.8 Å². The van der Waals surface area contributed by atoms with E-state index in [9.17, 15) is 9.59 Å². The highest BCUT2D eigenvalue weighted by atomic mass is 127. The van der Waals surface area contributed by atoms with Crippen LogP contribution in [0.1, 0.15) is 21.5 Å². The van der Waals surface area contributed by atoms with Gasteiger partial charge in [0, 0.05) is 0 Å². The van der Waals surface area contributed by atoms with Crippen molar-refractivity contribution in [1.29, 1.82) is 0 Å². The van der Waals surface area contributed by atoms with Gasteiger partial charge < -0.3 is 19.9 Å². The molecule has 1 amide bonds. The van der Waals surface area contributed by atoms with Crippen LogP contribution in [-0.4, -0.2) is 28.4 Å². The van der Waals surface area contributed by atoms with E-state index in [-0.39, 0.29) is 18.1 Å². The van der Waals surface area contributed by atoms with Gasteiger partial charge >= 0.3 is 5.97 Å². The molecule has 1 aliphatic rings. The molecule has 0 spiro atoms. The first-order chi connectivity index (χ1) is 13.4. The number of ether oxygens (including phenoxy) is 2. The molecule has 144 valence electrons. The molecule has 1 aliphatic heterocycles. The number of carbonyl (C=O) groups excluding carboxylic acids is 1. The Bertz CT molecular complexity index is 989. The molecule has 1 saturated heterocycles. The number of carbonyl (C=O) groups is 2. The van der Waals surface area contributed by atoms with Crippen LogP contribution in [-0.2, 0) is 11.4 Å². The number of carboxylic acid groups (broad SMARTS) is 1. The molecule has 0 aliphatic carbocycles. The fraction of sp³-hybridized carbons (Fsp3) is 0.105. The van der Waals surface area contributed by atoms with Crippen LogP contribution in [0.3, 0.4) is 0 Å². The van der Waals surface area contributed by atoms with Gasteiger partial charge in [-0.3, -0.25) is 4.79 Å². The van der Waals surface area contributed by atoms with Crippen molar-refractivity contribution >= 4 is 68.8 Å². The quantitative estimate of drug-likeness (QED) is 0.333. The second-order valence-corrected chi connectivity index (χ2v) is 8.56. The number of carboxylic acids is 1. The van der Waals surface area contributed by atoms with Crippen LogP contribution in [0.4, 0.5) is 0 Å². The first-order valence-corrected chi connectivity index (χ1v) is 10.2. The monoisotopic (exact) mass is 527 g/mol. The number of hydrogen-bond acceptors (Lipinski definition) is 6. The minimum absolute atomic E-state index is 0.214. The summed E-state index contributed by atoms with van der Waals surface area (Å²) < 4.78 is 12.6. The summed E-state index contributed by atoms with van der Waals surface area (Å²) in [7, 11) is 1.54. The second-order valence-electron chi connectivity index (χ2n) is 5.68. The summed E-state index contributed by atoms with van der Waals surface area (Å²) in [4.78, 5) is 23.3. The molecule has 6 nitrogen and oxygen atoms in total. The molecule has 3 rings (SSSR count). The van der Waals surface area contributed by atoms with Crippen molar-refractivity contribution in [3.05, 3.63) is 61.6 Å². The molecular weight excluding hydrogens is 513 g/mol. The highest BCUT2D eigenvalue weighted by molar-refractivity contribution is 14.1. The molecule has 2 aromatic carbocycles. The largest absolute Gasteiger partial charge is 0.493 e. The third kappa shape index (κ3) is 4.83. The minimum Gasteiger partial charge on any atom is -0.493 e. The Hall–Kier alpha value is -2.11. The third-order valence-electron chi connectivity index (χ3n) is 3.78. The van der Waals surface area contributed by atoms with E-state index in [2.05, 4.69) is 27.9 Å². The van der Waals surface area contributed by atoms with Gasteiger partial charge in [0.25, 0.3) is 5.91 Å². The Balaban J connectivity index is 1.80. The van der Waals surface area contributed by atoms with E-state index < -0.39 is 5.97 Å². The van der Waals surface area contributed by atoms with E-state index in [0.29, 0.717) is 20.7 Å². The number of halogens is 1. The maximum Gasteiger partial charge on any atom is 0.335 e. The number of benzene rings is 2. The van der Waals surface area contributed by atoms with Crippen molar-refractivity contribution in [2.45, 2.75) is 6.61 Å². The Morgan fingerprint density at radius 1 is 1.32 bits per heavy atom. The molecular formula is C19H14INO5S2. The maximum absolute atomic E-state index is 11.8. The summed E-state index contributed by atoms with van der Waals surface area (Å²) in [6, 6.07) is 10.2. The molecule has 0 saturated carbocycles. The molecule has 2 N–H and O–H groups in total. The lowest BCUT2D eigenvalue weighted by molar-refractivity contribution is -0.115. The molecule has 1 fully saturated rings. The number of thioether (sulfide) groups is 1. The number of hydrogen-bond donors (Lipinski definition) is 2. The topological polar surface area (TPSA) is 84.9 Å². The average Bonchev–Trinajstić information content (AvgIpc) is 2.97. The van der Waals surface area contributed by atoms with Crippen LogP contribution in [0.5, 0.6) is 11.5 Å². The predicted octanol–water partition coefficient (Wildman–Crippen LogP) is 4.07. The van der Waals surface area contributed by atoms with Gasteiger partial charge in [-0.1, -0.05) is 36.1 Å². The molecule has 0 atom stereocenters. The fourth-order valence-corrected chi connectivity index (χ4v) is 4.26. The molecule has 0 aromatic heterocycles. The van der Waals surface area contributed by atoms with Gasteiger partial charge in [-0.15, -0.1) is 0 Å². The van der Waals surface area contributed by atoms with Gasteiger partial charge in [0.2, 0.25) is 0 Å². The fourth-order valence-electron chi connectivity index (χ4n) is 2.43. The SMILES string of the molecule is COc1cc(/C=C2\SC(=S)NC2=O)cc(I)c1OCc1ccc(C(=O)O)cc1.